The maximum Gasteiger partial charge on any atom is 0.312 e. The molecule has 1 amide bonds. The Labute approximate surface area is 228 Å². The number of anilines is 2. The van der Waals surface area contributed by atoms with Crippen molar-refractivity contribution in [2.75, 3.05) is 16.8 Å². The van der Waals surface area contributed by atoms with E-state index < -0.39 is 18.0 Å². The molecule has 0 aliphatic carbocycles. The average molecular weight is 546 g/mol. The monoisotopic (exact) mass is 545 g/mol. The first-order valence-electron chi connectivity index (χ1n) is 11.9. The van der Waals surface area contributed by atoms with E-state index in [0.29, 0.717) is 17.8 Å². The number of carbonyl (C=O) groups is 2. The first kappa shape index (κ1) is 25.6. The molecule has 9 heteroatoms. The number of fused-ring (bicyclic) bond motifs is 1. The topological polar surface area (TPSA) is 62.7 Å². The van der Waals surface area contributed by atoms with Crippen molar-refractivity contribution in [3.8, 4) is 28.2 Å². The van der Waals surface area contributed by atoms with Crippen LogP contribution in [-0.2, 0) is 4.79 Å². The number of hydrogen-bond acceptors (Lipinski definition) is 7. The Kier molecular flexibility index (Phi) is 7.27. The summed E-state index contributed by atoms with van der Waals surface area (Å²) in [6.45, 7) is 3.67. The molecule has 0 radical (unpaired) electrons. The summed E-state index contributed by atoms with van der Waals surface area (Å²) in [6.07, 6.45) is -0.0570. The van der Waals surface area contributed by atoms with E-state index >= 15 is 0 Å². The van der Waals surface area contributed by atoms with Crippen LogP contribution in [0.1, 0.15) is 46.2 Å². The minimum absolute atomic E-state index is 0.127. The molecule has 4 aromatic rings. The van der Waals surface area contributed by atoms with Gasteiger partial charge in [-0.3, -0.25) is 14.5 Å². The van der Waals surface area contributed by atoms with Gasteiger partial charge in [-0.15, -0.1) is 34.5 Å². The standard InChI is InChI=1S/C29H24FN3O3S2/c1-4-5-6-11-27(34)36-24-10-8-7-9-23(24)33-28(26-15-14-25(38-26)21-17-37-18(2)31-21)32(3)22-13-12-19(30)16-20(22)29(33)35/h7-10,12-17,28H,6,11H2,1-3H3. The summed E-state index contributed by atoms with van der Waals surface area (Å²) in [4.78, 5) is 36.5. The first-order chi connectivity index (χ1) is 18.4. The average Bonchev–Trinajstić information content (AvgIpc) is 3.56. The van der Waals surface area contributed by atoms with Crippen LogP contribution in [0.15, 0.2) is 60.0 Å². The second-order valence-electron chi connectivity index (χ2n) is 8.64. The fourth-order valence-electron chi connectivity index (χ4n) is 4.40. The third kappa shape index (κ3) is 4.93. The van der Waals surface area contributed by atoms with E-state index in [0.717, 1.165) is 20.5 Å². The van der Waals surface area contributed by atoms with Crippen molar-refractivity contribution in [1.29, 1.82) is 0 Å². The Morgan fingerprint density at radius 2 is 1.97 bits per heavy atom. The van der Waals surface area contributed by atoms with Crippen molar-refractivity contribution in [3.63, 3.8) is 0 Å². The molecular weight excluding hydrogens is 521 g/mol. The van der Waals surface area contributed by atoms with E-state index in [2.05, 4.69) is 16.8 Å². The molecule has 1 unspecified atom stereocenters. The van der Waals surface area contributed by atoms with E-state index in [1.54, 1.807) is 53.5 Å². The minimum atomic E-state index is -0.565. The fraction of sp³-hybridized carbons (Fsp3) is 0.207. The van der Waals surface area contributed by atoms with Gasteiger partial charge in [-0.05, 0) is 56.3 Å². The number of rotatable bonds is 6. The van der Waals surface area contributed by atoms with Gasteiger partial charge in [-0.1, -0.05) is 12.1 Å². The van der Waals surface area contributed by atoms with Crippen molar-refractivity contribution in [1.82, 2.24) is 4.98 Å². The number of para-hydroxylation sites is 2. The molecule has 192 valence electrons. The maximum absolute atomic E-state index is 14.3. The number of hydrogen-bond donors (Lipinski definition) is 0. The highest BCUT2D eigenvalue weighted by molar-refractivity contribution is 7.16. The number of halogens is 1. The summed E-state index contributed by atoms with van der Waals surface area (Å²) >= 11 is 3.11. The first-order valence-corrected chi connectivity index (χ1v) is 13.6. The number of esters is 1. The number of carbonyl (C=O) groups excluding carboxylic acids is 2. The molecule has 1 aliphatic heterocycles. The molecule has 38 heavy (non-hydrogen) atoms. The highest BCUT2D eigenvalue weighted by atomic mass is 32.1. The molecule has 3 heterocycles. The quantitative estimate of drug-likeness (QED) is 0.151. The van der Waals surface area contributed by atoms with Gasteiger partial charge in [0.05, 0.1) is 38.9 Å². The summed E-state index contributed by atoms with van der Waals surface area (Å²) in [5.74, 6) is 4.54. The number of aromatic nitrogens is 1. The van der Waals surface area contributed by atoms with Crippen LogP contribution in [0.3, 0.4) is 0 Å². The molecule has 0 fully saturated rings. The van der Waals surface area contributed by atoms with Crippen LogP contribution in [0.25, 0.3) is 10.6 Å². The van der Waals surface area contributed by atoms with E-state index in [1.807, 2.05) is 36.4 Å². The van der Waals surface area contributed by atoms with Gasteiger partial charge in [0.1, 0.15) is 12.0 Å². The minimum Gasteiger partial charge on any atom is -0.424 e. The van der Waals surface area contributed by atoms with Gasteiger partial charge in [0, 0.05) is 23.7 Å². The highest BCUT2D eigenvalue weighted by Gasteiger charge is 2.40. The number of benzene rings is 2. The largest absolute Gasteiger partial charge is 0.424 e. The Balaban J connectivity index is 1.60. The predicted octanol–water partition coefficient (Wildman–Crippen LogP) is 6.82. The number of nitrogens with zero attached hydrogens (tertiary/aromatic N) is 3. The van der Waals surface area contributed by atoms with Crippen molar-refractivity contribution < 1.29 is 18.7 Å². The summed E-state index contributed by atoms with van der Waals surface area (Å²) < 4.78 is 20.0. The van der Waals surface area contributed by atoms with E-state index in [4.69, 9.17) is 4.74 Å². The Morgan fingerprint density at radius 3 is 2.74 bits per heavy atom. The van der Waals surface area contributed by atoms with Gasteiger partial charge in [0.25, 0.3) is 5.91 Å². The number of thiazole rings is 1. The lowest BCUT2D eigenvalue weighted by molar-refractivity contribution is -0.134. The second-order valence-corrected chi connectivity index (χ2v) is 10.8. The highest BCUT2D eigenvalue weighted by Crippen LogP contribution is 2.46. The SMILES string of the molecule is CC#CCCC(=O)Oc1ccccc1N1C(=O)c2cc(F)ccc2N(C)C1c1ccc(-c2csc(C)n2)s1. The lowest BCUT2D eigenvalue weighted by Gasteiger charge is -2.43. The van der Waals surface area contributed by atoms with Crippen LogP contribution in [0, 0.1) is 24.6 Å². The van der Waals surface area contributed by atoms with E-state index in [9.17, 15) is 14.0 Å². The molecule has 6 nitrogen and oxygen atoms in total. The molecule has 0 spiro atoms. The van der Waals surface area contributed by atoms with Crippen LogP contribution in [-0.4, -0.2) is 23.9 Å². The van der Waals surface area contributed by atoms with Crippen molar-refractivity contribution in [2.24, 2.45) is 0 Å². The summed E-state index contributed by atoms with van der Waals surface area (Å²) in [6, 6.07) is 15.1. The van der Waals surface area contributed by atoms with Gasteiger partial charge in [-0.2, -0.15) is 0 Å². The molecule has 1 atom stereocenters. The molecule has 5 rings (SSSR count). The molecule has 1 aliphatic rings. The lowest BCUT2D eigenvalue weighted by Crippen LogP contribution is -2.48. The zero-order chi connectivity index (χ0) is 26.8. The van der Waals surface area contributed by atoms with E-state index in [-0.39, 0.29) is 23.6 Å². The Bertz CT molecular complexity index is 1580. The molecule has 2 aromatic carbocycles. The third-order valence-electron chi connectivity index (χ3n) is 6.13. The van der Waals surface area contributed by atoms with Crippen LogP contribution in [0.5, 0.6) is 5.75 Å². The molecule has 0 N–H and O–H groups in total. The summed E-state index contributed by atoms with van der Waals surface area (Å²) in [5, 5.41) is 2.98. The zero-order valence-electron chi connectivity index (χ0n) is 21.0. The predicted molar refractivity (Wildman–Crippen MR) is 149 cm³/mol. The van der Waals surface area contributed by atoms with Crippen LogP contribution in [0.2, 0.25) is 0 Å². The summed E-state index contributed by atoms with van der Waals surface area (Å²) in [7, 11) is 1.87. The Morgan fingerprint density at radius 1 is 1.16 bits per heavy atom. The Hall–Kier alpha value is -4.00. The number of aryl methyl sites for hydroxylation is 1. The number of ether oxygens (including phenoxy) is 1. The van der Waals surface area contributed by atoms with Gasteiger partial charge < -0.3 is 9.64 Å². The fourth-order valence-corrected chi connectivity index (χ4v) is 6.20. The number of amides is 1. The molecular formula is C29H24FN3O3S2. The van der Waals surface area contributed by atoms with Gasteiger partial charge in [0.15, 0.2) is 5.75 Å². The summed E-state index contributed by atoms with van der Waals surface area (Å²) in [5.41, 5.74) is 2.14. The van der Waals surface area contributed by atoms with Gasteiger partial charge >= 0.3 is 5.97 Å². The van der Waals surface area contributed by atoms with Crippen molar-refractivity contribution in [3.05, 3.63) is 81.2 Å². The van der Waals surface area contributed by atoms with Crippen molar-refractivity contribution >= 4 is 45.9 Å². The van der Waals surface area contributed by atoms with Crippen LogP contribution < -0.4 is 14.5 Å². The van der Waals surface area contributed by atoms with E-state index in [1.165, 1.54) is 23.5 Å². The lowest BCUT2D eigenvalue weighted by atomic mass is 10.0. The van der Waals surface area contributed by atoms with Gasteiger partial charge in [-0.25, -0.2) is 9.37 Å². The molecule has 0 bridgehead atoms. The van der Waals surface area contributed by atoms with Crippen LogP contribution >= 0.6 is 22.7 Å². The van der Waals surface area contributed by atoms with Crippen LogP contribution in [0.4, 0.5) is 15.8 Å². The van der Waals surface area contributed by atoms with Gasteiger partial charge in [0.2, 0.25) is 0 Å². The van der Waals surface area contributed by atoms with Crippen molar-refractivity contribution in [2.45, 2.75) is 32.9 Å². The second kappa shape index (κ2) is 10.8. The maximum atomic E-state index is 14.3. The number of thiophene rings is 1. The molecule has 0 saturated heterocycles. The zero-order valence-corrected chi connectivity index (χ0v) is 22.7. The normalized spacial score (nSPS) is 14.6. The smallest absolute Gasteiger partial charge is 0.312 e. The molecule has 0 saturated carbocycles. The third-order valence-corrected chi connectivity index (χ3v) is 8.05. The molecule has 2 aromatic heterocycles.